The average Bonchev–Trinajstić information content (AvgIpc) is 2.45. The number of ether oxygens (including phenoxy) is 1. The second-order valence-electron chi connectivity index (χ2n) is 6.26. The van der Waals surface area contributed by atoms with Gasteiger partial charge in [0.15, 0.2) is 0 Å². The minimum Gasteiger partial charge on any atom is -0.497 e. The van der Waals surface area contributed by atoms with Crippen LogP contribution in [-0.4, -0.2) is 21.1 Å². The molecule has 0 amide bonds. The van der Waals surface area contributed by atoms with E-state index < -0.39 is 8.07 Å². The van der Waals surface area contributed by atoms with Gasteiger partial charge in [0, 0.05) is 23.9 Å². The van der Waals surface area contributed by atoms with E-state index in [0.717, 1.165) is 24.2 Å². The first-order chi connectivity index (χ1) is 9.90. The highest BCUT2D eigenvalue weighted by molar-refractivity contribution is 6.78. The van der Waals surface area contributed by atoms with Crippen LogP contribution in [0.3, 0.4) is 0 Å². The van der Waals surface area contributed by atoms with Crippen molar-refractivity contribution in [3.05, 3.63) is 29.8 Å². The lowest BCUT2D eigenvalue weighted by Gasteiger charge is -2.30. The van der Waals surface area contributed by atoms with E-state index >= 15 is 0 Å². The number of methoxy groups -OCH3 is 1. The molecule has 2 nitrogen and oxygen atoms in total. The topological polar surface area (TPSA) is 35.2 Å². The molecule has 0 unspecified atom stereocenters. The van der Waals surface area contributed by atoms with Gasteiger partial charge in [-0.2, -0.15) is 0 Å². The Hall–Kier alpha value is -0.953. The highest BCUT2D eigenvalue weighted by atomic mass is 35.5. The zero-order valence-corrected chi connectivity index (χ0v) is 15.2. The molecular formula is C17H26ClNOSi. The number of alkyl halides is 1. The maximum absolute atomic E-state index is 6.50. The van der Waals surface area contributed by atoms with Crippen molar-refractivity contribution < 1.29 is 4.74 Å². The Kier molecular flexibility index (Phi) is 7.31. The summed E-state index contributed by atoms with van der Waals surface area (Å²) in [7, 11) is 0.191. The van der Waals surface area contributed by atoms with Gasteiger partial charge >= 0.3 is 0 Å². The number of rotatable bonds is 6. The molecule has 0 bridgehead atoms. The van der Waals surface area contributed by atoms with E-state index in [1.165, 1.54) is 0 Å². The molecule has 1 rings (SSSR count). The van der Waals surface area contributed by atoms with E-state index in [0.29, 0.717) is 5.88 Å². The largest absolute Gasteiger partial charge is 0.497 e. The third-order valence-corrected chi connectivity index (χ3v) is 6.12. The first-order valence-corrected chi connectivity index (χ1v) is 11.4. The zero-order chi connectivity index (χ0) is 15.9. The van der Waals surface area contributed by atoms with Crippen molar-refractivity contribution in [2.75, 3.05) is 13.0 Å². The van der Waals surface area contributed by atoms with E-state index in [9.17, 15) is 0 Å². The summed E-state index contributed by atoms with van der Waals surface area (Å²) in [6.07, 6.45) is 1.78. The summed E-state index contributed by atoms with van der Waals surface area (Å²) >= 11 is 5.70. The van der Waals surface area contributed by atoms with Crippen LogP contribution in [0.2, 0.25) is 25.2 Å². The first-order valence-electron chi connectivity index (χ1n) is 7.34. The fourth-order valence-electron chi connectivity index (χ4n) is 2.20. The van der Waals surface area contributed by atoms with Crippen LogP contribution >= 0.6 is 11.6 Å². The molecule has 0 aromatic heterocycles. The molecule has 0 saturated carbocycles. The lowest BCUT2D eigenvalue weighted by atomic mass is 10.0. The van der Waals surface area contributed by atoms with Crippen molar-refractivity contribution in [3.63, 3.8) is 0 Å². The normalized spacial score (nSPS) is 14.0. The van der Waals surface area contributed by atoms with Gasteiger partial charge in [0.2, 0.25) is 0 Å². The van der Waals surface area contributed by atoms with Gasteiger partial charge in [-0.3, -0.25) is 0 Å². The van der Waals surface area contributed by atoms with Gasteiger partial charge in [0.1, 0.15) is 5.75 Å². The summed E-state index contributed by atoms with van der Waals surface area (Å²) in [5, 5.41) is 0. The summed E-state index contributed by atoms with van der Waals surface area (Å²) in [5.74, 6) is 8.19. The van der Waals surface area contributed by atoms with E-state index in [1.54, 1.807) is 7.11 Å². The van der Waals surface area contributed by atoms with Gasteiger partial charge in [-0.1, -0.05) is 31.8 Å². The Morgan fingerprint density at radius 2 is 1.86 bits per heavy atom. The van der Waals surface area contributed by atoms with Crippen molar-refractivity contribution in [3.8, 4) is 17.6 Å². The average molecular weight is 324 g/mol. The van der Waals surface area contributed by atoms with E-state index in [2.05, 4.69) is 31.5 Å². The van der Waals surface area contributed by atoms with Crippen molar-refractivity contribution in [2.24, 2.45) is 5.73 Å². The number of unbranched alkanes of at least 4 members (excludes halogenated alkanes) is 1. The number of hydrogen-bond donors (Lipinski definition) is 1. The maximum Gasteiger partial charge on any atom is 0.118 e. The molecule has 0 aliphatic carbocycles. The standard InChI is InChI=1S/C17H26ClNOSi/c1-20-15-11-9-14(10-12-15)17(19)16(21(2,3)4)8-6-5-7-13-18/h9-12,16-17H,5,7,13,19H2,1-4H3/t16-,17-/m1/s1. The summed E-state index contributed by atoms with van der Waals surface area (Å²) in [6.45, 7) is 6.95. The Balaban J connectivity index is 2.92. The predicted octanol–water partition coefficient (Wildman–Crippen LogP) is 4.43. The molecule has 2 N–H and O–H groups in total. The molecular weight excluding hydrogens is 298 g/mol. The van der Waals surface area contributed by atoms with Crippen molar-refractivity contribution >= 4 is 19.7 Å². The van der Waals surface area contributed by atoms with Crippen molar-refractivity contribution in [1.82, 2.24) is 0 Å². The van der Waals surface area contributed by atoms with Gasteiger partial charge in [0.05, 0.1) is 15.2 Å². The van der Waals surface area contributed by atoms with Crippen LogP contribution in [0.5, 0.6) is 5.75 Å². The summed E-state index contributed by atoms with van der Waals surface area (Å²) in [4.78, 5) is 0. The SMILES string of the molecule is COc1ccc([C@@H](N)[C@@H](C#CCCCCl)[Si](C)(C)C)cc1. The lowest BCUT2D eigenvalue weighted by molar-refractivity contribution is 0.414. The highest BCUT2D eigenvalue weighted by Gasteiger charge is 2.31. The van der Waals surface area contributed by atoms with Crippen LogP contribution in [-0.2, 0) is 0 Å². The second-order valence-corrected chi connectivity index (χ2v) is 12.0. The van der Waals surface area contributed by atoms with Crippen molar-refractivity contribution in [2.45, 2.75) is 44.1 Å². The van der Waals surface area contributed by atoms with E-state index in [-0.39, 0.29) is 11.6 Å². The quantitative estimate of drug-likeness (QED) is 0.364. The third-order valence-electron chi connectivity index (χ3n) is 3.49. The Labute approximate surface area is 135 Å². The van der Waals surface area contributed by atoms with Gasteiger partial charge in [0.25, 0.3) is 0 Å². The van der Waals surface area contributed by atoms with Crippen LogP contribution < -0.4 is 10.5 Å². The number of nitrogens with two attached hydrogens (primary N) is 1. The molecule has 116 valence electrons. The number of hydrogen-bond acceptors (Lipinski definition) is 2. The van der Waals surface area contributed by atoms with Crippen LogP contribution in [0.15, 0.2) is 24.3 Å². The molecule has 0 radical (unpaired) electrons. The summed E-state index contributed by atoms with van der Waals surface area (Å²) < 4.78 is 5.20. The summed E-state index contributed by atoms with van der Waals surface area (Å²) in [6, 6.07) is 7.94. The lowest BCUT2D eigenvalue weighted by Crippen LogP contribution is -2.35. The molecule has 2 atom stereocenters. The third kappa shape index (κ3) is 5.74. The fraction of sp³-hybridized carbons (Fsp3) is 0.529. The monoisotopic (exact) mass is 323 g/mol. The summed E-state index contributed by atoms with van der Waals surface area (Å²) in [5.41, 5.74) is 7.85. The Morgan fingerprint density at radius 1 is 1.24 bits per heavy atom. The zero-order valence-electron chi connectivity index (χ0n) is 13.4. The number of halogens is 1. The highest BCUT2D eigenvalue weighted by Crippen LogP contribution is 2.33. The molecule has 0 aliphatic heterocycles. The minimum absolute atomic E-state index is 0.0499. The Bertz CT molecular complexity index is 484. The Morgan fingerprint density at radius 3 is 2.33 bits per heavy atom. The molecule has 0 spiro atoms. The molecule has 1 aromatic carbocycles. The molecule has 0 fully saturated rings. The van der Waals surface area contributed by atoms with Crippen LogP contribution in [0, 0.1) is 11.8 Å². The molecule has 0 heterocycles. The van der Waals surface area contributed by atoms with Gasteiger partial charge in [-0.05, 0) is 24.1 Å². The molecule has 21 heavy (non-hydrogen) atoms. The molecule has 0 saturated heterocycles. The smallest absolute Gasteiger partial charge is 0.118 e. The van der Waals surface area contributed by atoms with Gasteiger partial charge < -0.3 is 10.5 Å². The van der Waals surface area contributed by atoms with Crippen LogP contribution in [0.4, 0.5) is 0 Å². The minimum atomic E-state index is -1.48. The first kappa shape index (κ1) is 18.1. The van der Waals surface area contributed by atoms with Crippen LogP contribution in [0.1, 0.15) is 24.4 Å². The van der Waals surface area contributed by atoms with Gasteiger partial charge in [-0.25, -0.2) is 0 Å². The van der Waals surface area contributed by atoms with Crippen molar-refractivity contribution in [1.29, 1.82) is 0 Å². The van der Waals surface area contributed by atoms with Gasteiger partial charge in [-0.15, -0.1) is 23.4 Å². The molecule has 0 aliphatic rings. The predicted molar refractivity (Wildman–Crippen MR) is 94.7 cm³/mol. The second kappa shape index (κ2) is 8.48. The fourth-order valence-corrected chi connectivity index (χ4v) is 4.14. The van der Waals surface area contributed by atoms with E-state index in [4.69, 9.17) is 22.1 Å². The van der Waals surface area contributed by atoms with E-state index in [1.807, 2.05) is 24.3 Å². The maximum atomic E-state index is 6.50. The number of benzene rings is 1. The molecule has 1 aromatic rings. The van der Waals surface area contributed by atoms with Crippen LogP contribution in [0.25, 0.3) is 0 Å². The molecule has 4 heteroatoms.